The first-order valence-corrected chi connectivity index (χ1v) is 7.89. The highest BCUT2D eigenvalue weighted by atomic mass is 32.1. The van der Waals surface area contributed by atoms with E-state index in [4.69, 9.17) is 0 Å². The predicted octanol–water partition coefficient (Wildman–Crippen LogP) is 2.82. The molecule has 0 aliphatic carbocycles. The van der Waals surface area contributed by atoms with Crippen LogP contribution in [0.25, 0.3) is 0 Å². The molecule has 0 bridgehead atoms. The molecule has 0 saturated carbocycles. The summed E-state index contributed by atoms with van der Waals surface area (Å²) in [5.41, 5.74) is -2.21. The van der Waals surface area contributed by atoms with E-state index in [1.54, 1.807) is 24.3 Å². The predicted molar refractivity (Wildman–Crippen MR) is 84.7 cm³/mol. The van der Waals surface area contributed by atoms with Gasteiger partial charge < -0.3 is 10.1 Å². The van der Waals surface area contributed by atoms with E-state index >= 15 is 0 Å². The zero-order valence-electron chi connectivity index (χ0n) is 12.8. The van der Waals surface area contributed by atoms with Gasteiger partial charge in [-0.2, -0.15) is 13.2 Å². The molecular formula is C15H16F3N3O2S. The Balaban J connectivity index is 2.21. The van der Waals surface area contributed by atoms with Crippen LogP contribution in [0.15, 0.2) is 41.9 Å². The van der Waals surface area contributed by atoms with Gasteiger partial charge in [0.2, 0.25) is 0 Å². The summed E-state index contributed by atoms with van der Waals surface area (Å²) in [4.78, 5) is 15.7. The molecule has 2 rings (SSSR count). The second-order valence-corrected chi connectivity index (χ2v) is 5.76. The topological polar surface area (TPSA) is 63.2 Å². The summed E-state index contributed by atoms with van der Waals surface area (Å²) in [7, 11) is 0.908. The third kappa shape index (κ3) is 4.04. The SMILES string of the molecule is COC(=O)[C@@](NCCc1ccccc1)(Nc1nccs1)C(F)(F)F. The number of halogens is 3. The zero-order valence-corrected chi connectivity index (χ0v) is 13.6. The number of benzene rings is 1. The van der Waals surface area contributed by atoms with Crippen molar-refractivity contribution in [1.29, 1.82) is 0 Å². The van der Waals surface area contributed by atoms with E-state index in [2.05, 4.69) is 20.4 Å². The molecule has 1 atom stereocenters. The fourth-order valence-corrected chi connectivity index (χ4v) is 2.68. The number of anilines is 1. The quantitative estimate of drug-likeness (QED) is 0.588. The van der Waals surface area contributed by atoms with Gasteiger partial charge in [-0.25, -0.2) is 9.78 Å². The molecule has 9 heteroatoms. The molecular weight excluding hydrogens is 343 g/mol. The van der Waals surface area contributed by atoms with Gasteiger partial charge in [-0.1, -0.05) is 30.3 Å². The van der Waals surface area contributed by atoms with Crippen LogP contribution in [0.4, 0.5) is 18.3 Å². The summed E-state index contributed by atoms with van der Waals surface area (Å²) >= 11 is 0.954. The first-order valence-electron chi connectivity index (χ1n) is 7.01. The van der Waals surface area contributed by atoms with Crippen molar-refractivity contribution in [2.45, 2.75) is 18.3 Å². The van der Waals surface area contributed by atoms with Gasteiger partial charge in [-0.3, -0.25) is 5.32 Å². The standard InChI is InChI=1S/C15H16F3N3O2S/c1-23-12(22)14(15(16,17)18,21-13-19-9-10-24-13)20-8-7-11-5-3-2-4-6-11/h2-6,9-10,20H,7-8H2,1H3,(H,19,21)/t14-/m1/s1. The van der Waals surface area contributed by atoms with E-state index in [0.717, 1.165) is 24.0 Å². The lowest BCUT2D eigenvalue weighted by Gasteiger charge is -2.34. The van der Waals surface area contributed by atoms with Crippen molar-refractivity contribution in [3.8, 4) is 0 Å². The van der Waals surface area contributed by atoms with Crippen LogP contribution in [0.5, 0.6) is 0 Å². The molecule has 1 aromatic carbocycles. The number of carbonyl (C=O) groups excluding carboxylic acids is 1. The number of aromatic nitrogens is 1. The molecule has 0 amide bonds. The Kier molecular flexibility index (Phi) is 5.79. The van der Waals surface area contributed by atoms with Crippen LogP contribution in [-0.2, 0) is 16.0 Å². The number of hydrogen-bond acceptors (Lipinski definition) is 6. The number of carbonyl (C=O) groups is 1. The zero-order chi connectivity index (χ0) is 17.6. The molecule has 0 aliphatic heterocycles. The van der Waals surface area contributed by atoms with Gasteiger partial charge in [0, 0.05) is 18.1 Å². The smallest absolute Gasteiger partial charge is 0.436 e. The lowest BCUT2D eigenvalue weighted by atomic mass is 10.1. The largest absolute Gasteiger partial charge is 0.466 e. The molecule has 0 unspecified atom stereocenters. The van der Waals surface area contributed by atoms with Crippen molar-refractivity contribution < 1.29 is 22.7 Å². The minimum Gasteiger partial charge on any atom is -0.466 e. The van der Waals surface area contributed by atoms with Gasteiger partial charge in [0.05, 0.1) is 7.11 Å². The second-order valence-electron chi connectivity index (χ2n) is 4.86. The summed E-state index contributed by atoms with van der Waals surface area (Å²) in [6.07, 6.45) is -3.27. The number of nitrogens with zero attached hydrogens (tertiary/aromatic N) is 1. The average Bonchev–Trinajstić information content (AvgIpc) is 3.06. The minimum atomic E-state index is -4.93. The Morgan fingerprint density at radius 2 is 2.00 bits per heavy atom. The normalized spacial score (nSPS) is 14.0. The Labute approximate surface area is 140 Å². The lowest BCUT2D eigenvalue weighted by molar-refractivity contribution is -0.205. The number of alkyl halides is 3. The van der Waals surface area contributed by atoms with E-state index in [1.165, 1.54) is 11.6 Å². The van der Waals surface area contributed by atoms with Crippen LogP contribution in [-0.4, -0.2) is 36.4 Å². The summed E-state index contributed by atoms with van der Waals surface area (Å²) in [5, 5.41) is 5.88. The molecule has 0 spiro atoms. The Hall–Kier alpha value is -2.13. The van der Waals surface area contributed by atoms with E-state index < -0.39 is 17.8 Å². The van der Waals surface area contributed by atoms with Crippen LogP contribution in [0.2, 0.25) is 0 Å². The summed E-state index contributed by atoms with van der Waals surface area (Å²) in [6.45, 7) is -0.0863. The van der Waals surface area contributed by atoms with Crippen molar-refractivity contribution in [2.75, 3.05) is 19.0 Å². The van der Waals surface area contributed by atoms with Crippen molar-refractivity contribution in [3.05, 3.63) is 47.5 Å². The third-order valence-corrected chi connectivity index (χ3v) is 3.98. The molecule has 0 aliphatic rings. The summed E-state index contributed by atoms with van der Waals surface area (Å²) in [6, 6.07) is 8.99. The number of hydrogen-bond donors (Lipinski definition) is 2. The third-order valence-electron chi connectivity index (χ3n) is 3.29. The molecule has 0 fully saturated rings. The maximum absolute atomic E-state index is 13.7. The molecule has 1 aromatic heterocycles. The van der Waals surface area contributed by atoms with Crippen LogP contribution in [0, 0.1) is 0 Å². The molecule has 0 saturated heterocycles. The summed E-state index contributed by atoms with van der Waals surface area (Å²) < 4.78 is 45.4. The van der Waals surface area contributed by atoms with Gasteiger partial charge in [0.15, 0.2) is 5.13 Å². The van der Waals surface area contributed by atoms with Gasteiger partial charge in [0.1, 0.15) is 0 Å². The van der Waals surface area contributed by atoms with E-state index in [1.807, 2.05) is 6.07 Å². The van der Waals surface area contributed by atoms with Crippen molar-refractivity contribution in [3.63, 3.8) is 0 Å². The first kappa shape index (κ1) is 18.2. The number of esters is 1. The van der Waals surface area contributed by atoms with Gasteiger partial charge in [-0.05, 0) is 12.0 Å². The molecule has 2 aromatic rings. The average molecular weight is 359 g/mol. The number of rotatable bonds is 7. The summed E-state index contributed by atoms with van der Waals surface area (Å²) in [5.74, 6) is -1.47. The van der Waals surface area contributed by atoms with Crippen LogP contribution >= 0.6 is 11.3 Å². The molecule has 24 heavy (non-hydrogen) atoms. The van der Waals surface area contributed by atoms with Gasteiger partial charge in [0.25, 0.3) is 5.66 Å². The molecule has 1 heterocycles. The number of ether oxygens (including phenoxy) is 1. The molecule has 0 radical (unpaired) electrons. The highest BCUT2D eigenvalue weighted by Crippen LogP contribution is 2.33. The fraction of sp³-hybridized carbons (Fsp3) is 0.333. The van der Waals surface area contributed by atoms with Crippen LogP contribution < -0.4 is 10.6 Å². The Morgan fingerprint density at radius 1 is 1.29 bits per heavy atom. The maximum Gasteiger partial charge on any atom is 0.436 e. The lowest BCUT2D eigenvalue weighted by Crippen LogP contribution is -2.68. The molecule has 2 N–H and O–H groups in total. The van der Waals surface area contributed by atoms with E-state index in [9.17, 15) is 18.0 Å². The fourth-order valence-electron chi connectivity index (χ4n) is 2.09. The Morgan fingerprint density at radius 3 is 2.54 bits per heavy atom. The van der Waals surface area contributed by atoms with Gasteiger partial charge in [-0.15, -0.1) is 11.3 Å². The number of methoxy groups -OCH3 is 1. The van der Waals surface area contributed by atoms with Crippen molar-refractivity contribution >= 4 is 22.4 Å². The number of nitrogens with one attached hydrogen (secondary N) is 2. The highest BCUT2D eigenvalue weighted by Gasteiger charge is 2.62. The second kappa shape index (κ2) is 7.63. The van der Waals surface area contributed by atoms with Crippen LogP contribution in [0.3, 0.4) is 0 Å². The van der Waals surface area contributed by atoms with Crippen LogP contribution in [0.1, 0.15) is 5.56 Å². The monoisotopic (exact) mass is 359 g/mol. The van der Waals surface area contributed by atoms with Crippen molar-refractivity contribution in [2.24, 2.45) is 0 Å². The first-order chi connectivity index (χ1) is 11.4. The van der Waals surface area contributed by atoms with E-state index in [-0.39, 0.29) is 11.7 Å². The van der Waals surface area contributed by atoms with E-state index in [0.29, 0.717) is 6.42 Å². The van der Waals surface area contributed by atoms with Crippen molar-refractivity contribution in [1.82, 2.24) is 10.3 Å². The Bertz CT molecular complexity index is 650. The van der Waals surface area contributed by atoms with Gasteiger partial charge >= 0.3 is 12.1 Å². The molecule has 130 valence electrons. The highest BCUT2D eigenvalue weighted by molar-refractivity contribution is 7.13. The number of thiazole rings is 1. The molecule has 5 nitrogen and oxygen atoms in total. The maximum atomic E-state index is 13.7. The minimum absolute atomic E-state index is 0.0371.